The van der Waals surface area contributed by atoms with Gasteiger partial charge in [0.25, 0.3) is 11.7 Å². The highest BCUT2D eigenvalue weighted by molar-refractivity contribution is 6.39. The summed E-state index contributed by atoms with van der Waals surface area (Å²) in [6.07, 6.45) is 14.0. The lowest BCUT2D eigenvalue weighted by Crippen LogP contribution is -2.61. The molecule has 2 saturated heterocycles. The number of hydrogen-bond donors (Lipinski definition) is 2. The van der Waals surface area contributed by atoms with Crippen LogP contribution in [0.1, 0.15) is 126 Å². The number of ketones is 3. The molecule has 2 N–H and O–H groups in total. The van der Waals surface area contributed by atoms with E-state index in [0.717, 1.165) is 18.4 Å². The Balaban J connectivity index is 1.70. The van der Waals surface area contributed by atoms with Crippen molar-refractivity contribution in [2.75, 3.05) is 34.5 Å². The summed E-state index contributed by atoms with van der Waals surface area (Å²) in [7, 11) is 4.60. The number of aryl methyl sites for hydroxylation is 1. The van der Waals surface area contributed by atoms with Crippen molar-refractivity contribution in [1.29, 1.82) is 0 Å². The predicted molar refractivity (Wildman–Crippen MR) is 258 cm³/mol. The van der Waals surface area contributed by atoms with E-state index in [1.54, 1.807) is 52.1 Å². The Morgan fingerprint density at radius 2 is 1.68 bits per heavy atom. The van der Waals surface area contributed by atoms with Gasteiger partial charge in [-0.25, -0.2) is 9.48 Å². The summed E-state index contributed by atoms with van der Waals surface area (Å²) in [6.45, 7) is 13.9. The summed E-state index contributed by atoms with van der Waals surface area (Å²) in [5.74, 6) is -7.99. The minimum atomic E-state index is -2.43. The molecule has 13 atom stereocenters. The number of carbonyl (C=O) groups is 5. The third-order valence-corrected chi connectivity index (χ3v) is 14.4. The zero-order valence-electron chi connectivity index (χ0n) is 42.8. The molecule has 0 aromatic carbocycles. The summed E-state index contributed by atoms with van der Waals surface area (Å²) in [5, 5.41) is 34.9. The highest BCUT2D eigenvalue weighted by atomic mass is 16.6. The van der Waals surface area contributed by atoms with Crippen LogP contribution in [-0.4, -0.2) is 141 Å². The Morgan fingerprint density at radius 1 is 0.928 bits per heavy atom. The molecule has 1 aromatic rings. The second-order valence-electron chi connectivity index (χ2n) is 19.9. The van der Waals surface area contributed by atoms with Crippen molar-refractivity contribution in [1.82, 2.24) is 25.1 Å². The first kappa shape index (κ1) is 57.3. The molecule has 3 aliphatic rings. The Morgan fingerprint density at radius 3 is 2.36 bits per heavy atom. The molecule has 4 rings (SSSR count). The molecule has 2 bridgehead atoms. The first-order valence-corrected chi connectivity index (χ1v) is 25.0. The molecule has 0 spiro atoms. The largest absolute Gasteiger partial charge is 0.460 e. The molecular formula is C52H81N5O12. The van der Waals surface area contributed by atoms with Gasteiger partial charge in [-0.3, -0.25) is 19.2 Å². The van der Waals surface area contributed by atoms with E-state index < -0.39 is 77.8 Å². The number of aromatic nitrogens is 4. The minimum Gasteiger partial charge on any atom is -0.460 e. The molecule has 4 heterocycles. The molecule has 0 saturated carbocycles. The fourth-order valence-corrected chi connectivity index (χ4v) is 9.94. The number of rotatable bonds is 12. The molecule has 2 fully saturated rings. The summed E-state index contributed by atoms with van der Waals surface area (Å²) in [4.78, 5) is 72.3. The highest BCUT2D eigenvalue weighted by Gasteiger charge is 2.53. The Bertz CT molecular complexity index is 1950. The highest BCUT2D eigenvalue weighted by Crippen LogP contribution is 2.37. The number of piperidine rings is 1. The van der Waals surface area contributed by atoms with Gasteiger partial charge in [-0.1, -0.05) is 71.1 Å². The number of Topliss-reactive ketones (excluding diaryl/α,β-unsaturated/α-hetero) is 3. The van der Waals surface area contributed by atoms with Crippen molar-refractivity contribution in [3.05, 3.63) is 53.9 Å². The van der Waals surface area contributed by atoms with Gasteiger partial charge in [0, 0.05) is 71.6 Å². The Kier molecular flexibility index (Phi) is 23.2. The molecule has 0 aliphatic carbocycles. The summed E-state index contributed by atoms with van der Waals surface area (Å²) < 4.78 is 31.1. The molecule has 6 unspecified atom stereocenters. The number of ether oxygens (including phenoxy) is 5. The standard InChI is InChI=1S/C52H81N5O12/c1-33-17-12-11-13-18-34(2)44(66-9)30-41-22-21-39(7)52(64,69-41)49(61)50(62)57-25-15-14-20-42(57)51(63)68-45(36(4)29-40(23-26-65-8)19-16-24-56-32-53-54-55-56)31-43(58)35(3)28-38(6)47(60)48(67-10)46(59)37(5)27-33/h11-13,17-18,28,32-33,35-37,39-42,44-45,47-48,60,64H,14-16,19-27,29-31H2,1-10H3/b13-11+,17-12+,34-18+,38-28+/t33-,35-,36-,37?,39?,40?,41+,42?,44+,45+,47-,48?,52?/m1/s1. The Hall–Kier alpha value is -4.26. The summed E-state index contributed by atoms with van der Waals surface area (Å²) in [5.41, 5.74) is 1.27. The zero-order valence-corrected chi connectivity index (χ0v) is 42.8. The maximum Gasteiger partial charge on any atom is 0.329 e. The third kappa shape index (κ3) is 16.4. The monoisotopic (exact) mass is 968 g/mol. The number of methoxy groups -OCH3 is 3. The lowest BCUT2D eigenvalue weighted by atomic mass is 9.84. The lowest BCUT2D eigenvalue weighted by Gasteiger charge is -2.42. The molecule has 17 nitrogen and oxygen atoms in total. The van der Waals surface area contributed by atoms with E-state index in [9.17, 15) is 34.2 Å². The van der Waals surface area contributed by atoms with E-state index in [1.165, 1.54) is 12.0 Å². The average Bonchev–Trinajstić information content (AvgIpc) is 3.85. The van der Waals surface area contributed by atoms with Gasteiger partial charge in [0.2, 0.25) is 5.79 Å². The smallest absolute Gasteiger partial charge is 0.329 e. The van der Waals surface area contributed by atoms with E-state index >= 15 is 0 Å². The van der Waals surface area contributed by atoms with E-state index in [0.29, 0.717) is 70.1 Å². The van der Waals surface area contributed by atoms with E-state index in [-0.39, 0.29) is 48.7 Å². The van der Waals surface area contributed by atoms with Crippen LogP contribution in [0.4, 0.5) is 0 Å². The van der Waals surface area contributed by atoms with Gasteiger partial charge >= 0.3 is 5.97 Å². The topological polar surface area (TPSA) is 219 Å². The normalized spacial score (nSPS) is 34.7. The number of cyclic esters (lactones) is 1. The number of fused-ring (bicyclic) bond motifs is 3. The predicted octanol–water partition coefficient (Wildman–Crippen LogP) is 6.12. The van der Waals surface area contributed by atoms with Crippen molar-refractivity contribution in [2.45, 2.75) is 174 Å². The third-order valence-electron chi connectivity index (χ3n) is 14.4. The number of amides is 1. The second kappa shape index (κ2) is 28.0. The van der Waals surface area contributed by atoms with Crippen LogP contribution in [0.5, 0.6) is 0 Å². The summed E-state index contributed by atoms with van der Waals surface area (Å²) >= 11 is 0. The van der Waals surface area contributed by atoms with Gasteiger partial charge in [0.1, 0.15) is 36.5 Å². The molecule has 1 aromatic heterocycles. The van der Waals surface area contributed by atoms with E-state index in [2.05, 4.69) is 15.5 Å². The van der Waals surface area contributed by atoms with Crippen LogP contribution in [0.25, 0.3) is 0 Å². The molecule has 17 heteroatoms. The molecule has 386 valence electrons. The van der Waals surface area contributed by atoms with E-state index in [4.69, 9.17) is 23.7 Å². The fraction of sp³-hybridized carbons (Fsp3) is 0.731. The van der Waals surface area contributed by atoms with Crippen molar-refractivity contribution >= 4 is 29.2 Å². The second-order valence-corrected chi connectivity index (χ2v) is 19.9. The van der Waals surface area contributed by atoms with Crippen LogP contribution < -0.4 is 0 Å². The number of tetrazole rings is 1. The molecule has 0 radical (unpaired) electrons. The maximum atomic E-state index is 14.5. The average molecular weight is 968 g/mol. The first-order valence-electron chi connectivity index (χ1n) is 25.0. The SMILES string of the molecule is COCCC(CCCn1cnnn1)C[C@@H](C)[C@@H]1CC(=O)[C@H](C)/C=C(\C)[C@@H](O)C(OC)C(=O)C(C)C[C@H](C)/C=C/C=C/C=C(\C)[C@@H](OC)C[C@@H]2CCC(C)C(O)(O2)C(=O)C(=O)N2CCCCC2C(=O)O1. The zero-order chi connectivity index (χ0) is 50.8. The van der Waals surface area contributed by atoms with Crippen molar-refractivity contribution in [3.63, 3.8) is 0 Å². The van der Waals surface area contributed by atoms with Crippen LogP contribution in [0.15, 0.2) is 53.9 Å². The van der Waals surface area contributed by atoms with Gasteiger partial charge in [-0.05, 0) is 117 Å². The van der Waals surface area contributed by atoms with Crippen molar-refractivity contribution < 1.29 is 57.9 Å². The van der Waals surface area contributed by atoms with Crippen LogP contribution >= 0.6 is 0 Å². The molecule has 1 amide bonds. The van der Waals surface area contributed by atoms with Gasteiger partial charge in [0.15, 0.2) is 5.78 Å². The van der Waals surface area contributed by atoms with Crippen molar-refractivity contribution in [2.24, 2.45) is 35.5 Å². The number of aliphatic hydroxyl groups excluding tert-OH is 1. The summed E-state index contributed by atoms with van der Waals surface area (Å²) in [6, 6.07) is -1.15. The number of allylic oxidation sites excluding steroid dienone is 6. The van der Waals surface area contributed by atoms with Gasteiger partial charge in [0.05, 0.1) is 12.2 Å². The van der Waals surface area contributed by atoms with Gasteiger partial charge < -0.3 is 38.8 Å². The number of hydrogen-bond acceptors (Lipinski definition) is 15. The quantitative estimate of drug-likeness (QED) is 0.137. The fourth-order valence-electron chi connectivity index (χ4n) is 9.94. The Labute approximate surface area is 409 Å². The van der Waals surface area contributed by atoms with Crippen LogP contribution in [-0.2, 0) is 54.2 Å². The molecule has 69 heavy (non-hydrogen) atoms. The molecular weight excluding hydrogens is 887 g/mol. The van der Waals surface area contributed by atoms with Gasteiger partial charge in [-0.15, -0.1) is 5.10 Å². The van der Waals surface area contributed by atoms with E-state index in [1.807, 2.05) is 58.1 Å². The molecule has 3 aliphatic heterocycles. The number of carbonyl (C=O) groups excluding carboxylic acids is 5. The van der Waals surface area contributed by atoms with Gasteiger partial charge in [-0.2, -0.15) is 0 Å². The minimum absolute atomic E-state index is 0.0159. The van der Waals surface area contributed by atoms with Crippen LogP contribution in [0.3, 0.4) is 0 Å². The number of nitrogens with zero attached hydrogens (tertiary/aromatic N) is 5. The maximum absolute atomic E-state index is 14.5. The number of esters is 1. The lowest BCUT2D eigenvalue weighted by molar-refractivity contribution is -0.265. The first-order chi connectivity index (χ1) is 32.8. The number of aliphatic hydroxyl groups is 2. The van der Waals surface area contributed by atoms with Crippen LogP contribution in [0.2, 0.25) is 0 Å². The van der Waals surface area contributed by atoms with Crippen LogP contribution in [0, 0.1) is 35.5 Å². The van der Waals surface area contributed by atoms with Crippen molar-refractivity contribution in [3.8, 4) is 0 Å².